The Bertz CT molecular complexity index is 1240. The predicted octanol–water partition coefficient (Wildman–Crippen LogP) is 3.83. The van der Waals surface area contributed by atoms with Crippen molar-refractivity contribution in [1.29, 1.82) is 0 Å². The highest BCUT2D eigenvalue weighted by molar-refractivity contribution is 5.99. The van der Waals surface area contributed by atoms with Crippen molar-refractivity contribution < 1.29 is 33.0 Å². The van der Waals surface area contributed by atoms with Crippen molar-refractivity contribution in [3.05, 3.63) is 70.6 Å². The minimum absolute atomic E-state index is 0.0520. The Hall–Kier alpha value is -3.39. The lowest BCUT2D eigenvalue weighted by molar-refractivity contribution is -0.286. The molecule has 1 aromatic carbocycles. The number of benzene rings is 1. The number of hydrogen-bond donors (Lipinski definition) is 1. The summed E-state index contributed by atoms with van der Waals surface area (Å²) in [5.74, 6) is -0.261. The summed E-state index contributed by atoms with van der Waals surface area (Å²) in [6.45, 7) is 1.63. The summed E-state index contributed by atoms with van der Waals surface area (Å²) < 4.78 is 35.7. The van der Waals surface area contributed by atoms with E-state index in [-0.39, 0.29) is 42.5 Å². The van der Waals surface area contributed by atoms with Crippen molar-refractivity contribution in [3.8, 4) is 11.5 Å². The number of hydrogen-bond acceptors (Lipinski definition) is 6. The summed E-state index contributed by atoms with van der Waals surface area (Å²) in [7, 11) is 0. The van der Waals surface area contributed by atoms with Gasteiger partial charge in [-0.05, 0) is 66.8 Å². The summed E-state index contributed by atoms with van der Waals surface area (Å²) >= 11 is 0. The highest BCUT2D eigenvalue weighted by Crippen LogP contribution is 2.52. The number of rotatable bonds is 6. The zero-order valence-corrected chi connectivity index (χ0v) is 17.9. The number of Topliss-reactive ketones (excluding diaryl/α,β-unsaturated/α-hetero) is 1. The Kier molecular flexibility index (Phi) is 4.93. The highest BCUT2D eigenvalue weighted by atomic mass is 19.3. The largest absolute Gasteiger partial charge is 0.586 e. The molecule has 1 fully saturated rings. The average Bonchev–Trinajstić information content (AvgIpc) is 3.52. The molecule has 5 rings (SSSR count). The fourth-order valence-electron chi connectivity index (χ4n) is 4.42. The van der Waals surface area contributed by atoms with E-state index >= 15 is 0 Å². The first kappa shape index (κ1) is 21.5. The molecule has 1 aromatic heterocycles. The molecular weight excluding hydrogens is 432 g/mol. The summed E-state index contributed by atoms with van der Waals surface area (Å²) in [6, 6.07) is 8.13. The number of aromatic nitrogens is 1. The topological polar surface area (TPSA) is 85.7 Å². The second-order valence-electron chi connectivity index (χ2n) is 8.63. The van der Waals surface area contributed by atoms with E-state index in [0.29, 0.717) is 40.9 Å². The van der Waals surface area contributed by atoms with Crippen molar-refractivity contribution >= 4 is 17.1 Å². The molecule has 1 aliphatic heterocycles. The van der Waals surface area contributed by atoms with Gasteiger partial charge in [0.2, 0.25) is 0 Å². The number of aliphatic hydroxyl groups excluding tert-OH is 1. The Morgan fingerprint density at radius 3 is 2.61 bits per heavy atom. The normalized spacial score (nSPS) is 19.7. The molecule has 2 aliphatic carbocycles. The molecule has 1 saturated carbocycles. The number of ether oxygens (including phenoxy) is 2. The number of alkyl halides is 2. The standard InChI is InChI=1S/C25H21F2NO5/c1-14-2-4-17(28-23(14)19-6-5-18(30)10-15(19)13-29)12-22(31)24(8-9-24)16-3-7-20-21(11-16)33-25(26,27)32-20/h2-7,11,29H,8-10,12-13H2,1H3. The van der Waals surface area contributed by atoms with Crippen LogP contribution in [0.3, 0.4) is 0 Å². The Balaban J connectivity index is 1.41. The number of carbonyl (C=O) groups excluding carboxylic acids is 2. The van der Waals surface area contributed by atoms with Gasteiger partial charge < -0.3 is 14.6 Å². The molecular formula is C25H21F2NO5. The van der Waals surface area contributed by atoms with Crippen molar-refractivity contribution in [2.24, 2.45) is 0 Å². The number of halogens is 2. The lowest BCUT2D eigenvalue weighted by atomic mass is 9.88. The fraction of sp³-hybridized carbons (Fsp3) is 0.320. The van der Waals surface area contributed by atoms with Gasteiger partial charge in [-0.2, -0.15) is 0 Å². The molecule has 0 atom stereocenters. The number of aryl methyl sites for hydroxylation is 1. The quantitative estimate of drug-likeness (QED) is 0.716. The lowest BCUT2D eigenvalue weighted by Gasteiger charge is -2.17. The molecule has 0 spiro atoms. The van der Waals surface area contributed by atoms with Crippen LogP contribution in [0.2, 0.25) is 0 Å². The number of pyridine rings is 1. The minimum Gasteiger partial charge on any atom is -0.395 e. The van der Waals surface area contributed by atoms with Crippen LogP contribution in [0, 0.1) is 6.92 Å². The third-order valence-electron chi connectivity index (χ3n) is 6.38. The molecule has 0 amide bonds. The van der Waals surface area contributed by atoms with E-state index in [1.165, 1.54) is 18.2 Å². The molecule has 170 valence electrons. The SMILES string of the molecule is Cc1ccc(CC(=O)C2(c3ccc4c(c3)OC(F)(F)O4)CC2)nc1C1=C(CO)CC(=O)C=C1. The zero-order valence-electron chi connectivity index (χ0n) is 17.9. The number of nitrogens with zero attached hydrogens (tertiary/aromatic N) is 1. The number of ketones is 2. The van der Waals surface area contributed by atoms with Gasteiger partial charge in [-0.3, -0.25) is 14.6 Å². The van der Waals surface area contributed by atoms with Crippen LogP contribution in [0.25, 0.3) is 5.57 Å². The third kappa shape index (κ3) is 3.84. The highest BCUT2D eigenvalue weighted by Gasteiger charge is 2.52. The van der Waals surface area contributed by atoms with E-state index in [0.717, 1.165) is 5.56 Å². The van der Waals surface area contributed by atoms with E-state index < -0.39 is 11.7 Å². The monoisotopic (exact) mass is 453 g/mol. The summed E-state index contributed by atoms with van der Waals surface area (Å²) in [4.78, 5) is 29.7. The number of allylic oxidation sites excluding steroid dienone is 3. The maximum Gasteiger partial charge on any atom is 0.586 e. The van der Waals surface area contributed by atoms with Gasteiger partial charge >= 0.3 is 6.29 Å². The molecule has 3 aliphatic rings. The molecule has 8 heteroatoms. The van der Waals surface area contributed by atoms with E-state index in [1.54, 1.807) is 18.2 Å². The number of carbonyl (C=O) groups is 2. The van der Waals surface area contributed by atoms with Crippen molar-refractivity contribution in [3.63, 3.8) is 0 Å². The first-order chi connectivity index (χ1) is 15.7. The van der Waals surface area contributed by atoms with Crippen molar-refractivity contribution in [2.75, 3.05) is 6.61 Å². The van der Waals surface area contributed by atoms with Gasteiger partial charge in [0.15, 0.2) is 17.3 Å². The molecule has 0 unspecified atom stereocenters. The summed E-state index contributed by atoms with van der Waals surface area (Å²) in [5.41, 5.74) is 3.22. The van der Waals surface area contributed by atoms with Gasteiger partial charge in [0, 0.05) is 24.1 Å². The summed E-state index contributed by atoms with van der Waals surface area (Å²) in [6.07, 6.45) is 0.862. The maximum atomic E-state index is 13.4. The van der Waals surface area contributed by atoms with Gasteiger partial charge in [0.05, 0.1) is 17.7 Å². The first-order valence-electron chi connectivity index (χ1n) is 10.7. The molecule has 0 bridgehead atoms. The first-order valence-corrected chi connectivity index (χ1v) is 10.7. The van der Waals surface area contributed by atoms with Gasteiger partial charge in [0.1, 0.15) is 5.78 Å². The second kappa shape index (κ2) is 7.59. The van der Waals surface area contributed by atoms with E-state index in [4.69, 9.17) is 0 Å². The van der Waals surface area contributed by atoms with Crippen molar-refractivity contribution in [2.45, 2.75) is 44.3 Å². The predicted molar refractivity (Wildman–Crippen MR) is 114 cm³/mol. The fourth-order valence-corrected chi connectivity index (χ4v) is 4.42. The molecule has 2 aromatic rings. The van der Waals surface area contributed by atoms with Crippen LogP contribution in [0.5, 0.6) is 11.5 Å². The number of fused-ring (bicyclic) bond motifs is 1. The zero-order chi connectivity index (χ0) is 23.4. The minimum atomic E-state index is -3.70. The van der Waals surface area contributed by atoms with Crippen LogP contribution in [0.15, 0.2) is 48.1 Å². The van der Waals surface area contributed by atoms with Crippen molar-refractivity contribution in [1.82, 2.24) is 4.98 Å². The van der Waals surface area contributed by atoms with Crippen LogP contribution >= 0.6 is 0 Å². The Morgan fingerprint density at radius 1 is 1.12 bits per heavy atom. The van der Waals surface area contributed by atoms with E-state index in [1.807, 2.05) is 13.0 Å². The maximum absolute atomic E-state index is 13.4. The molecule has 2 heterocycles. The Morgan fingerprint density at radius 2 is 1.88 bits per heavy atom. The molecule has 0 saturated heterocycles. The van der Waals surface area contributed by atoms with E-state index in [2.05, 4.69) is 14.5 Å². The van der Waals surface area contributed by atoms with Gasteiger partial charge in [-0.15, -0.1) is 8.78 Å². The average molecular weight is 453 g/mol. The van der Waals surface area contributed by atoms with Gasteiger partial charge in [-0.1, -0.05) is 12.1 Å². The lowest BCUT2D eigenvalue weighted by Crippen LogP contribution is -2.26. The molecule has 1 N–H and O–H groups in total. The summed E-state index contributed by atoms with van der Waals surface area (Å²) in [5, 5.41) is 9.69. The van der Waals surface area contributed by atoms with Crippen LogP contribution in [0.4, 0.5) is 8.78 Å². The van der Waals surface area contributed by atoms with Crippen LogP contribution in [-0.2, 0) is 21.4 Å². The number of aliphatic hydroxyl groups is 1. The third-order valence-corrected chi connectivity index (χ3v) is 6.38. The van der Waals surface area contributed by atoms with Gasteiger partial charge in [0.25, 0.3) is 0 Å². The smallest absolute Gasteiger partial charge is 0.395 e. The van der Waals surface area contributed by atoms with Crippen LogP contribution in [-0.4, -0.2) is 34.6 Å². The Labute approximate surface area is 188 Å². The molecule has 6 nitrogen and oxygen atoms in total. The van der Waals surface area contributed by atoms with Crippen LogP contribution < -0.4 is 9.47 Å². The molecule has 0 radical (unpaired) electrons. The van der Waals surface area contributed by atoms with Crippen LogP contribution in [0.1, 0.15) is 41.8 Å². The van der Waals surface area contributed by atoms with E-state index in [9.17, 15) is 23.5 Å². The molecule has 33 heavy (non-hydrogen) atoms. The van der Waals surface area contributed by atoms with Gasteiger partial charge in [-0.25, -0.2) is 0 Å². The second-order valence-corrected chi connectivity index (χ2v) is 8.63.